The van der Waals surface area contributed by atoms with Crippen LogP contribution in [0.5, 0.6) is 5.75 Å². The van der Waals surface area contributed by atoms with Crippen LogP contribution in [0.15, 0.2) is 34.2 Å². The smallest absolute Gasteiger partial charge is 0.259 e. The number of hydrogen-bond acceptors (Lipinski definition) is 5. The molecule has 1 aromatic heterocycles. The van der Waals surface area contributed by atoms with Gasteiger partial charge in [-0.3, -0.25) is 9.36 Å². The molecule has 2 aromatic rings. The van der Waals surface area contributed by atoms with Crippen LogP contribution in [0.4, 0.5) is 5.82 Å². The van der Waals surface area contributed by atoms with Crippen molar-refractivity contribution < 1.29 is 4.74 Å². The second-order valence-electron chi connectivity index (χ2n) is 6.93. The molecule has 2 aliphatic rings. The lowest BCUT2D eigenvalue weighted by Gasteiger charge is -2.24. The Kier molecular flexibility index (Phi) is 5.20. The van der Waals surface area contributed by atoms with Gasteiger partial charge >= 0.3 is 0 Å². The van der Waals surface area contributed by atoms with Crippen molar-refractivity contribution in [2.45, 2.75) is 43.8 Å². The molecule has 2 aliphatic heterocycles. The molecule has 26 heavy (non-hydrogen) atoms. The molecule has 0 N–H and O–H groups in total. The third kappa shape index (κ3) is 3.47. The van der Waals surface area contributed by atoms with Gasteiger partial charge in [-0.25, -0.2) is 4.98 Å². The standard InChI is InChI=1S/C20H25N3O2S/c1-25-16-8-6-15(7-9-16)14-17-18(22-10-4-2-3-5-11-22)21-20-23(19(17)24)12-13-26-20/h6-9H,2-5,10-14H2,1H3. The van der Waals surface area contributed by atoms with E-state index >= 15 is 0 Å². The van der Waals surface area contributed by atoms with Crippen LogP contribution in [-0.4, -0.2) is 35.5 Å². The molecular formula is C20H25N3O2S. The van der Waals surface area contributed by atoms with E-state index < -0.39 is 0 Å². The Balaban J connectivity index is 1.74. The zero-order valence-electron chi connectivity index (χ0n) is 15.2. The van der Waals surface area contributed by atoms with Gasteiger partial charge in [0.2, 0.25) is 0 Å². The first kappa shape index (κ1) is 17.5. The average Bonchev–Trinajstić information content (AvgIpc) is 2.98. The van der Waals surface area contributed by atoms with Crippen LogP contribution in [-0.2, 0) is 13.0 Å². The van der Waals surface area contributed by atoms with E-state index in [1.807, 2.05) is 28.8 Å². The van der Waals surface area contributed by atoms with Gasteiger partial charge in [0, 0.05) is 31.8 Å². The van der Waals surface area contributed by atoms with E-state index in [0.29, 0.717) is 6.42 Å². The van der Waals surface area contributed by atoms with Crippen molar-refractivity contribution in [1.29, 1.82) is 0 Å². The van der Waals surface area contributed by atoms with Crippen LogP contribution >= 0.6 is 11.8 Å². The Bertz CT molecular complexity index is 824. The molecule has 1 aromatic carbocycles. The van der Waals surface area contributed by atoms with Crippen LogP contribution in [0.3, 0.4) is 0 Å². The maximum absolute atomic E-state index is 13.2. The molecule has 138 valence electrons. The average molecular weight is 372 g/mol. The fraction of sp³-hybridized carbons (Fsp3) is 0.500. The monoisotopic (exact) mass is 371 g/mol. The summed E-state index contributed by atoms with van der Waals surface area (Å²) in [6.07, 6.45) is 5.50. The lowest BCUT2D eigenvalue weighted by molar-refractivity contribution is 0.414. The molecule has 0 atom stereocenters. The number of methoxy groups -OCH3 is 1. The molecule has 0 spiro atoms. The molecule has 5 nitrogen and oxygen atoms in total. The summed E-state index contributed by atoms with van der Waals surface area (Å²) in [5.41, 5.74) is 2.09. The Morgan fingerprint density at radius 3 is 2.50 bits per heavy atom. The minimum Gasteiger partial charge on any atom is -0.497 e. The van der Waals surface area contributed by atoms with E-state index in [0.717, 1.165) is 53.2 Å². The van der Waals surface area contributed by atoms with Gasteiger partial charge in [0.1, 0.15) is 11.6 Å². The van der Waals surface area contributed by atoms with Gasteiger partial charge in [0.05, 0.1) is 12.7 Å². The third-order valence-corrected chi connectivity index (χ3v) is 6.15. The maximum atomic E-state index is 13.2. The molecule has 0 radical (unpaired) electrons. The topological polar surface area (TPSA) is 47.4 Å². The largest absolute Gasteiger partial charge is 0.497 e. The molecular weight excluding hydrogens is 346 g/mol. The van der Waals surface area contributed by atoms with Crippen molar-refractivity contribution in [1.82, 2.24) is 9.55 Å². The Morgan fingerprint density at radius 1 is 1.08 bits per heavy atom. The van der Waals surface area contributed by atoms with Gasteiger partial charge in [-0.05, 0) is 30.5 Å². The number of nitrogens with zero attached hydrogens (tertiary/aromatic N) is 3. The highest BCUT2D eigenvalue weighted by Crippen LogP contribution is 2.28. The number of anilines is 1. The summed E-state index contributed by atoms with van der Waals surface area (Å²) < 4.78 is 7.10. The summed E-state index contributed by atoms with van der Waals surface area (Å²) in [6, 6.07) is 7.98. The van der Waals surface area contributed by atoms with Crippen molar-refractivity contribution in [3.8, 4) is 5.75 Å². The molecule has 0 saturated carbocycles. The molecule has 0 amide bonds. The normalized spacial score (nSPS) is 17.0. The lowest BCUT2D eigenvalue weighted by Crippen LogP contribution is -2.33. The third-order valence-electron chi connectivity index (χ3n) is 5.20. The summed E-state index contributed by atoms with van der Waals surface area (Å²) in [5.74, 6) is 2.68. The highest BCUT2D eigenvalue weighted by Gasteiger charge is 2.24. The summed E-state index contributed by atoms with van der Waals surface area (Å²) in [5, 5.41) is 0.882. The van der Waals surface area contributed by atoms with Crippen LogP contribution in [0.25, 0.3) is 0 Å². The first-order chi connectivity index (χ1) is 12.8. The van der Waals surface area contributed by atoms with Gasteiger partial charge in [0.15, 0.2) is 5.16 Å². The Hall–Kier alpha value is -1.95. The highest BCUT2D eigenvalue weighted by atomic mass is 32.2. The van der Waals surface area contributed by atoms with Crippen molar-refractivity contribution >= 4 is 17.6 Å². The van der Waals surface area contributed by atoms with E-state index in [1.54, 1.807) is 18.9 Å². The predicted octanol–water partition coefficient (Wildman–Crippen LogP) is 3.33. The highest BCUT2D eigenvalue weighted by molar-refractivity contribution is 7.99. The number of rotatable bonds is 4. The summed E-state index contributed by atoms with van der Waals surface area (Å²) in [4.78, 5) is 20.5. The predicted molar refractivity (Wildman–Crippen MR) is 106 cm³/mol. The molecule has 0 bridgehead atoms. The summed E-state index contributed by atoms with van der Waals surface area (Å²) in [7, 11) is 1.67. The van der Waals surface area contributed by atoms with E-state index in [1.165, 1.54) is 25.7 Å². The minimum atomic E-state index is 0.134. The van der Waals surface area contributed by atoms with E-state index in [-0.39, 0.29) is 5.56 Å². The quantitative estimate of drug-likeness (QED) is 0.772. The summed E-state index contributed by atoms with van der Waals surface area (Å²) >= 11 is 1.69. The van der Waals surface area contributed by atoms with E-state index in [9.17, 15) is 4.79 Å². The zero-order valence-corrected chi connectivity index (χ0v) is 16.1. The zero-order chi connectivity index (χ0) is 17.9. The molecule has 0 unspecified atom stereocenters. The van der Waals surface area contributed by atoms with Gasteiger partial charge in [-0.15, -0.1) is 0 Å². The second-order valence-corrected chi connectivity index (χ2v) is 7.99. The molecule has 1 saturated heterocycles. The van der Waals surface area contributed by atoms with Crippen LogP contribution < -0.4 is 15.2 Å². The first-order valence-electron chi connectivity index (χ1n) is 9.40. The molecule has 4 rings (SSSR count). The van der Waals surface area contributed by atoms with Gasteiger partial charge in [-0.1, -0.05) is 36.7 Å². The van der Waals surface area contributed by atoms with Crippen LogP contribution in [0.2, 0.25) is 0 Å². The van der Waals surface area contributed by atoms with Crippen molar-refractivity contribution in [2.75, 3.05) is 30.9 Å². The number of ether oxygens (including phenoxy) is 1. The fourth-order valence-corrected chi connectivity index (χ4v) is 4.68. The lowest BCUT2D eigenvalue weighted by atomic mass is 10.1. The SMILES string of the molecule is COc1ccc(Cc2c(N3CCCCCC3)nc3n(c2=O)CCS3)cc1. The first-order valence-corrected chi connectivity index (χ1v) is 10.4. The number of fused-ring (bicyclic) bond motifs is 1. The number of thioether (sulfide) groups is 1. The van der Waals surface area contributed by atoms with E-state index in [4.69, 9.17) is 9.72 Å². The van der Waals surface area contributed by atoms with Crippen molar-refractivity contribution in [3.05, 3.63) is 45.7 Å². The Labute approximate surface area is 158 Å². The van der Waals surface area contributed by atoms with Crippen molar-refractivity contribution in [2.24, 2.45) is 0 Å². The molecule has 6 heteroatoms. The number of aromatic nitrogens is 2. The summed E-state index contributed by atoms with van der Waals surface area (Å²) in [6.45, 7) is 2.76. The number of benzene rings is 1. The van der Waals surface area contributed by atoms with Gasteiger partial charge < -0.3 is 9.64 Å². The molecule has 1 fully saturated rings. The fourth-order valence-electron chi connectivity index (χ4n) is 3.75. The van der Waals surface area contributed by atoms with Crippen LogP contribution in [0.1, 0.15) is 36.8 Å². The second kappa shape index (κ2) is 7.74. The Morgan fingerprint density at radius 2 is 1.81 bits per heavy atom. The van der Waals surface area contributed by atoms with Crippen molar-refractivity contribution in [3.63, 3.8) is 0 Å². The van der Waals surface area contributed by atoms with E-state index in [2.05, 4.69) is 4.90 Å². The molecule has 3 heterocycles. The van der Waals surface area contributed by atoms with Crippen LogP contribution in [0, 0.1) is 0 Å². The molecule has 0 aliphatic carbocycles. The van der Waals surface area contributed by atoms with Gasteiger partial charge in [-0.2, -0.15) is 0 Å². The number of hydrogen-bond donors (Lipinski definition) is 0. The van der Waals surface area contributed by atoms with Gasteiger partial charge in [0.25, 0.3) is 5.56 Å². The maximum Gasteiger partial charge on any atom is 0.259 e. The minimum absolute atomic E-state index is 0.134.